The second kappa shape index (κ2) is 9.53. The SMILES string of the molecule is COC[C@H](C)N=C(NC(=O)c1ccc(F)c(F)c1)Nc1nn(C)c2cc(C(F)(F)F)ccc12. The van der Waals surface area contributed by atoms with Crippen LogP contribution in [0.25, 0.3) is 10.9 Å². The molecule has 1 atom stereocenters. The van der Waals surface area contributed by atoms with Crippen molar-refractivity contribution >= 4 is 28.6 Å². The van der Waals surface area contributed by atoms with Crippen molar-refractivity contribution < 1.29 is 31.5 Å². The van der Waals surface area contributed by atoms with E-state index >= 15 is 0 Å². The van der Waals surface area contributed by atoms with Gasteiger partial charge in [0.15, 0.2) is 17.5 Å². The summed E-state index contributed by atoms with van der Waals surface area (Å²) in [5, 5.41) is 9.78. The largest absolute Gasteiger partial charge is 0.416 e. The number of carbonyl (C=O) groups is 1. The number of alkyl halides is 3. The molecular weight excluding hydrogens is 449 g/mol. The first-order chi connectivity index (χ1) is 15.5. The fourth-order valence-corrected chi connectivity index (χ4v) is 3.05. The zero-order valence-electron chi connectivity index (χ0n) is 17.8. The minimum atomic E-state index is -4.52. The van der Waals surface area contributed by atoms with Gasteiger partial charge in [-0.15, -0.1) is 0 Å². The molecule has 0 unspecified atom stereocenters. The topological polar surface area (TPSA) is 80.5 Å². The van der Waals surface area contributed by atoms with Crippen molar-refractivity contribution in [3.8, 4) is 0 Å². The van der Waals surface area contributed by atoms with Crippen molar-refractivity contribution in [3.05, 3.63) is 59.2 Å². The zero-order chi connectivity index (χ0) is 24.3. The van der Waals surface area contributed by atoms with Gasteiger partial charge in [-0.05, 0) is 43.3 Å². The number of carbonyl (C=O) groups excluding carboxylic acids is 1. The van der Waals surface area contributed by atoms with E-state index in [9.17, 15) is 26.7 Å². The summed E-state index contributed by atoms with van der Waals surface area (Å²) in [4.78, 5) is 16.9. The molecule has 0 fully saturated rings. The smallest absolute Gasteiger partial charge is 0.382 e. The minimum absolute atomic E-state index is 0.103. The molecule has 1 amide bonds. The molecule has 0 radical (unpaired) electrons. The Morgan fingerprint density at radius 1 is 1.18 bits per heavy atom. The minimum Gasteiger partial charge on any atom is -0.382 e. The molecule has 0 aliphatic carbocycles. The van der Waals surface area contributed by atoms with E-state index in [0.29, 0.717) is 5.39 Å². The summed E-state index contributed by atoms with van der Waals surface area (Å²) >= 11 is 0. The number of rotatable bonds is 5. The van der Waals surface area contributed by atoms with E-state index in [0.717, 1.165) is 30.3 Å². The van der Waals surface area contributed by atoms with Gasteiger partial charge in [0.2, 0.25) is 5.96 Å². The number of amides is 1. The Morgan fingerprint density at radius 3 is 2.55 bits per heavy atom. The zero-order valence-corrected chi connectivity index (χ0v) is 17.8. The Labute approximate surface area is 185 Å². The second-order valence-electron chi connectivity index (χ2n) is 7.19. The summed E-state index contributed by atoms with van der Waals surface area (Å²) in [6.45, 7) is 1.89. The summed E-state index contributed by atoms with van der Waals surface area (Å²) in [7, 11) is 2.93. The average Bonchev–Trinajstić information content (AvgIpc) is 3.04. The monoisotopic (exact) mass is 469 g/mol. The molecule has 3 rings (SSSR count). The maximum absolute atomic E-state index is 13.5. The third kappa shape index (κ3) is 5.64. The first-order valence-corrected chi connectivity index (χ1v) is 9.63. The first kappa shape index (κ1) is 24.1. The van der Waals surface area contributed by atoms with E-state index in [1.165, 1.54) is 24.9 Å². The predicted octanol–water partition coefficient (Wildman–Crippen LogP) is 4.10. The highest BCUT2D eigenvalue weighted by Gasteiger charge is 2.31. The second-order valence-corrected chi connectivity index (χ2v) is 7.19. The first-order valence-electron chi connectivity index (χ1n) is 9.63. The molecule has 2 N–H and O–H groups in total. The number of methoxy groups -OCH3 is 1. The average molecular weight is 469 g/mol. The van der Waals surface area contributed by atoms with Crippen LogP contribution in [0, 0.1) is 11.6 Å². The van der Waals surface area contributed by atoms with E-state index < -0.39 is 35.3 Å². The number of anilines is 1. The fraction of sp³-hybridized carbons (Fsp3) is 0.286. The number of fused-ring (bicyclic) bond motifs is 1. The fourth-order valence-electron chi connectivity index (χ4n) is 3.05. The highest BCUT2D eigenvalue weighted by Crippen LogP contribution is 2.33. The third-order valence-corrected chi connectivity index (χ3v) is 4.59. The van der Waals surface area contributed by atoms with Crippen LogP contribution in [0.4, 0.5) is 27.8 Å². The molecule has 0 bridgehead atoms. The van der Waals surface area contributed by atoms with E-state index in [4.69, 9.17) is 4.74 Å². The molecule has 176 valence electrons. The van der Waals surface area contributed by atoms with Crippen molar-refractivity contribution in [2.45, 2.75) is 19.1 Å². The van der Waals surface area contributed by atoms with Gasteiger partial charge in [-0.2, -0.15) is 18.3 Å². The number of nitrogens with zero attached hydrogens (tertiary/aromatic N) is 3. The Morgan fingerprint density at radius 2 is 1.91 bits per heavy atom. The summed E-state index contributed by atoms with van der Waals surface area (Å²) in [6.07, 6.45) is -4.52. The van der Waals surface area contributed by atoms with Gasteiger partial charge in [0.05, 0.1) is 23.7 Å². The van der Waals surface area contributed by atoms with Gasteiger partial charge in [-0.1, -0.05) is 0 Å². The Bertz CT molecular complexity index is 1210. The number of aromatic nitrogens is 2. The van der Waals surface area contributed by atoms with Gasteiger partial charge in [0.25, 0.3) is 5.91 Å². The van der Waals surface area contributed by atoms with Crippen LogP contribution in [-0.2, 0) is 18.0 Å². The molecule has 1 aromatic heterocycles. The lowest BCUT2D eigenvalue weighted by Crippen LogP contribution is -2.37. The molecule has 0 aliphatic heterocycles. The molecule has 33 heavy (non-hydrogen) atoms. The number of hydrogen-bond donors (Lipinski definition) is 2. The van der Waals surface area contributed by atoms with E-state index in [2.05, 4.69) is 20.7 Å². The summed E-state index contributed by atoms with van der Waals surface area (Å²) in [5.41, 5.74) is -0.800. The molecule has 7 nitrogen and oxygen atoms in total. The number of halogens is 5. The van der Waals surface area contributed by atoms with Crippen molar-refractivity contribution in [1.82, 2.24) is 15.1 Å². The Hall–Kier alpha value is -3.54. The summed E-state index contributed by atoms with van der Waals surface area (Å²) in [5.74, 6) is -3.06. The van der Waals surface area contributed by atoms with Crippen molar-refractivity contribution in [1.29, 1.82) is 0 Å². The number of aliphatic imine (C=N–C) groups is 1. The van der Waals surface area contributed by atoms with Gasteiger partial charge in [-0.3, -0.25) is 14.8 Å². The van der Waals surface area contributed by atoms with Gasteiger partial charge in [0.1, 0.15) is 0 Å². The Balaban J connectivity index is 1.94. The molecule has 2 aromatic carbocycles. The van der Waals surface area contributed by atoms with Crippen LogP contribution in [0.1, 0.15) is 22.8 Å². The third-order valence-electron chi connectivity index (χ3n) is 4.59. The molecule has 0 saturated heterocycles. The number of guanidine groups is 1. The predicted molar refractivity (Wildman–Crippen MR) is 112 cm³/mol. The Kier molecular flexibility index (Phi) is 6.96. The van der Waals surface area contributed by atoms with Crippen LogP contribution in [-0.4, -0.2) is 41.4 Å². The van der Waals surface area contributed by atoms with E-state index in [-0.39, 0.29) is 29.5 Å². The van der Waals surface area contributed by atoms with Gasteiger partial charge in [-0.25, -0.2) is 13.8 Å². The quantitative estimate of drug-likeness (QED) is 0.335. The van der Waals surface area contributed by atoms with Crippen molar-refractivity contribution in [2.24, 2.45) is 12.0 Å². The van der Waals surface area contributed by atoms with Crippen LogP contribution in [0.5, 0.6) is 0 Å². The van der Waals surface area contributed by atoms with Crippen LogP contribution in [0.2, 0.25) is 0 Å². The van der Waals surface area contributed by atoms with Crippen LogP contribution in [0.3, 0.4) is 0 Å². The molecule has 0 saturated carbocycles. The van der Waals surface area contributed by atoms with Gasteiger partial charge < -0.3 is 10.1 Å². The van der Waals surface area contributed by atoms with E-state index in [1.807, 2.05) is 0 Å². The molecule has 0 aliphatic rings. The normalized spacial score (nSPS) is 13.3. The molecule has 0 spiro atoms. The summed E-state index contributed by atoms with van der Waals surface area (Å²) in [6, 6.07) is 5.33. The lowest BCUT2D eigenvalue weighted by Gasteiger charge is -2.13. The lowest BCUT2D eigenvalue weighted by atomic mass is 10.1. The van der Waals surface area contributed by atoms with Crippen molar-refractivity contribution in [2.75, 3.05) is 19.0 Å². The molecule has 12 heteroatoms. The molecule has 1 heterocycles. The lowest BCUT2D eigenvalue weighted by molar-refractivity contribution is -0.137. The molecule has 3 aromatic rings. The van der Waals surface area contributed by atoms with Crippen LogP contribution in [0.15, 0.2) is 41.4 Å². The number of nitrogens with one attached hydrogen (secondary N) is 2. The maximum Gasteiger partial charge on any atom is 0.416 e. The number of aryl methyl sites for hydroxylation is 1. The van der Waals surface area contributed by atoms with Crippen LogP contribution < -0.4 is 10.6 Å². The van der Waals surface area contributed by atoms with Crippen LogP contribution >= 0.6 is 0 Å². The number of ether oxygens (including phenoxy) is 1. The van der Waals surface area contributed by atoms with Gasteiger partial charge in [0, 0.05) is 25.1 Å². The van der Waals surface area contributed by atoms with Crippen molar-refractivity contribution in [3.63, 3.8) is 0 Å². The van der Waals surface area contributed by atoms with E-state index in [1.54, 1.807) is 6.92 Å². The highest BCUT2D eigenvalue weighted by molar-refractivity contribution is 6.11. The molecular formula is C21H20F5N5O2. The number of hydrogen-bond acceptors (Lipinski definition) is 4. The number of benzene rings is 2. The summed E-state index contributed by atoms with van der Waals surface area (Å²) < 4.78 is 72.2. The highest BCUT2D eigenvalue weighted by atomic mass is 19.4. The standard InChI is InChI=1S/C21H20F5N5O2/c1-11(10-33-3)27-20(29-19(32)12-4-7-15(22)16(23)8-12)28-18-14-6-5-13(21(24,25)26)9-17(14)31(2)30-18/h4-9,11H,10H2,1-3H3,(H2,27,28,29,30,32)/t11-/m0/s1. The van der Waals surface area contributed by atoms with Gasteiger partial charge >= 0.3 is 6.18 Å². The maximum atomic E-state index is 13.5.